The first-order valence-corrected chi connectivity index (χ1v) is 7.24. The Morgan fingerprint density at radius 1 is 1.41 bits per heavy atom. The molecule has 1 aliphatic carbocycles. The molecule has 2 aromatic rings. The summed E-state index contributed by atoms with van der Waals surface area (Å²) < 4.78 is 18.5. The molecular formula is C17H18FNO3. The summed E-state index contributed by atoms with van der Waals surface area (Å²) in [6, 6.07) is 6.01. The normalized spacial score (nSPS) is 27.5. The van der Waals surface area contributed by atoms with Gasteiger partial charge in [-0.3, -0.25) is 4.79 Å². The Labute approximate surface area is 127 Å². The van der Waals surface area contributed by atoms with Gasteiger partial charge < -0.3 is 9.63 Å². The number of Topliss-reactive ketones (excluding diaryl/α,β-unsaturated/α-hetero) is 1. The minimum atomic E-state index is -1.22. The van der Waals surface area contributed by atoms with E-state index in [4.69, 9.17) is 4.52 Å². The van der Waals surface area contributed by atoms with E-state index >= 15 is 0 Å². The van der Waals surface area contributed by atoms with Crippen LogP contribution in [0.15, 0.2) is 28.8 Å². The van der Waals surface area contributed by atoms with Gasteiger partial charge in [0.1, 0.15) is 17.4 Å². The number of benzene rings is 1. The molecule has 1 aromatic carbocycles. The Balaban J connectivity index is 2.23. The second kappa shape index (κ2) is 5.02. The molecule has 3 rings (SSSR count). The Kier molecular flexibility index (Phi) is 3.40. The number of aromatic nitrogens is 1. The van der Waals surface area contributed by atoms with Gasteiger partial charge in [-0.15, -0.1) is 0 Å². The van der Waals surface area contributed by atoms with Crippen LogP contribution in [-0.2, 0) is 11.2 Å². The van der Waals surface area contributed by atoms with Crippen LogP contribution in [0.5, 0.6) is 0 Å². The zero-order valence-corrected chi connectivity index (χ0v) is 12.8. The van der Waals surface area contributed by atoms with Crippen LogP contribution in [0.4, 0.5) is 4.39 Å². The number of hydrogen-bond donors (Lipinski definition) is 1. The Bertz CT molecular complexity index is 718. The fourth-order valence-electron chi connectivity index (χ4n) is 3.63. The van der Waals surface area contributed by atoms with Gasteiger partial charge in [0, 0.05) is 17.9 Å². The number of halogens is 1. The fraction of sp³-hybridized carbons (Fsp3) is 0.412. The first kappa shape index (κ1) is 14.9. The summed E-state index contributed by atoms with van der Waals surface area (Å²) in [5.74, 6) is -0.823. The first-order valence-electron chi connectivity index (χ1n) is 7.24. The summed E-state index contributed by atoms with van der Waals surface area (Å²) >= 11 is 0. The molecule has 1 heterocycles. The van der Waals surface area contributed by atoms with Gasteiger partial charge in [-0.2, -0.15) is 0 Å². The van der Waals surface area contributed by atoms with Crippen LogP contribution in [0.25, 0.3) is 0 Å². The molecule has 22 heavy (non-hydrogen) atoms. The van der Waals surface area contributed by atoms with Crippen LogP contribution >= 0.6 is 0 Å². The molecule has 0 saturated heterocycles. The molecule has 0 aliphatic heterocycles. The zero-order valence-electron chi connectivity index (χ0n) is 12.8. The number of nitrogens with zero attached hydrogens (tertiary/aromatic N) is 1. The number of hydrogen-bond acceptors (Lipinski definition) is 4. The van der Waals surface area contributed by atoms with Crippen molar-refractivity contribution in [2.45, 2.75) is 38.7 Å². The quantitative estimate of drug-likeness (QED) is 0.926. The van der Waals surface area contributed by atoms with E-state index in [1.54, 1.807) is 26.0 Å². The number of ketones is 1. The van der Waals surface area contributed by atoms with Crippen LogP contribution < -0.4 is 0 Å². The second-order valence-corrected chi connectivity index (χ2v) is 6.25. The van der Waals surface area contributed by atoms with Crippen molar-refractivity contribution in [2.75, 3.05) is 0 Å². The van der Waals surface area contributed by atoms with Gasteiger partial charge in [-0.05, 0) is 38.5 Å². The molecule has 1 aromatic heterocycles. The molecule has 0 unspecified atom stereocenters. The van der Waals surface area contributed by atoms with Crippen LogP contribution in [0.3, 0.4) is 0 Å². The molecule has 0 fully saturated rings. The summed E-state index contributed by atoms with van der Waals surface area (Å²) in [5.41, 5.74) is 1.04. The Hall–Kier alpha value is -2.01. The Morgan fingerprint density at radius 3 is 2.64 bits per heavy atom. The van der Waals surface area contributed by atoms with E-state index in [-0.39, 0.29) is 23.9 Å². The summed E-state index contributed by atoms with van der Waals surface area (Å²) in [7, 11) is 0. The highest BCUT2D eigenvalue weighted by Gasteiger charge is 2.49. The van der Waals surface area contributed by atoms with Crippen molar-refractivity contribution in [3.8, 4) is 0 Å². The molecule has 1 N–H and O–H groups in total. The summed E-state index contributed by atoms with van der Waals surface area (Å²) in [6.07, 6.45) is 0.265. The van der Waals surface area contributed by atoms with Gasteiger partial charge in [-0.1, -0.05) is 17.3 Å². The molecule has 0 amide bonds. The summed E-state index contributed by atoms with van der Waals surface area (Å²) in [5, 5.41) is 14.8. The number of carbonyl (C=O) groups is 1. The molecular weight excluding hydrogens is 285 g/mol. The van der Waals surface area contributed by atoms with E-state index in [1.807, 2.05) is 0 Å². The maximum atomic E-state index is 13.2. The lowest BCUT2D eigenvalue weighted by Gasteiger charge is -2.40. The number of carbonyl (C=O) groups excluding carboxylic acids is 1. The molecule has 4 nitrogen and oxygen atoms in total. The third-order valence-electron chi connectivity index (χ3n) is 4.49. The maximum Gasteiger partial charge on any atom is 0.137 e. The van der Waals surface area contributed by atoms with Gasteiger partial charge in [0.2, 0.25) is 0 Å². The molecule has 1 aliphatic rings. The van der Waals surface area contributed by atoms with Crippen molar-refractivity contribution in [2.24, 2.45) is 5.92 Å². The lowest BCUT2D eigenvalue weighted by molar-refractivity contribution is -0.130. The average Bonchev–Trinajstić information content (AvgIpc) is 2.77. The van der Waals surface area contributed by atoms with Gasteiger partial charge in [0.05, 0.1) is 17.2 Å². The van der Waals surface area contributed by atoms with E-state index in [2.05, 4.69) is 5.16 Å². The SMILES string of the molecule is CC(=O)[C@H]1[C@H](c2ccc(F)cc2)c2c(noc2C)C[C@@]1(C)O. The molecule has 0 radical (unpaired) electrons. The van der Waals surface area contributed by atoms with E-state index in [0.717, 1.165) is 11.1 Å². The van der Waals surface area contributed by atoms with Crippen LogP contribution in [-0.4, -0.2) is 21.6 Å². The van der Waals surface area contributed by atoms with Gasteiger partial charge >= 0.3 is 0 Å². The van der Waals surface area contributed by atoms with Gasteiger partial charge in [0.15, 0.2) is 0 Å². The smallest absolute Gasteiger partial charge is 0.137 e. The second-order valence-electron chi connectivity index (χ2n) is 6.25. The van der Waals surface area contributed by atoms with Crippen molar-refractivity contribution >= 4 is 5.78 Å². The largest absolute Gasteiger partial charge is 0.389 e. The van der Waals surface area contributed by atoms with Crippen molar-refractivity contribution in [1.82, 2.24) is 5.16 Å². The van der Waals surface area contributed by atoms with Crippen LogP contribution in [0.1, 0.15) is 42.3 Å². The molecule has 0 spiro atoms. The average molecular weight is 303 g/mol. The monoisotopic (exact) mass is 303 g/mol. The first-order chi connectivity index (χ1) is 10.3. The lowest BCUT2D eigenvalue weighted by atomic mass is 9.64. The zero-order chi connectivity index (χ0) is 16.1. The van der Waals surface area contributed by atoms with Crippen molar-refractivity contribution < 1.29 is 18.8 Å². The minimum Gasteiger partial charge on any atom is -0.389 e. The number of aryl methyl sites for hydroxylation is 1. The lowest BCUT2D eigenvalue weighted by Crippen LogP contribution is -2.48. The molecule has 3 atom stereocenters. The van der Waals surface area contributed by atoms with Crippen molar-refractivity contribution in [3.05, 3.63) is 52.7 Å². The molecule has 0 saturated carbocycles. The fourth-order valence-corrected chi connectivity index (χ4v) is 3.63. The summed E-state index contributed by atoms with van der Waals surface area (Å²) in [6.45, 7) is 4.91. The molecule has 5 heteroatoms. The van der Waals surface area contributed by atoms with Gasteiger partial charge in [0.25, 0.3) is 0 Å². The predicted octanol–water partition coefficient (Wildman–Crippen LogP) is 2.77. The van der Waals surface area contributed by atoms with Crippen molar-refractivity contribution in [1.29, 1.82) is 0 Å². The van der Waals surface area contributed by atoms with Crippen LogP contribution in [0, 0.1) is 18.7 Å². The number of rotatable bonds is 2. The predicted molar refractivity (Wildman–Crippen MR) is 78.0 cm³/mol. The van der Waals surface area contributed by atoms with E-state index in [0.29, 0.717) is 11.5 Å². The highest BCUT2D eigenvalue weighted by molar-refractivity contribution is 5.82. The maximum absolute atomic E-state index is 13.2. The van der Waals surface area contributed by atoms with Crippen LogP contribution in [0.2, 0.25) is 0 Å². The third kappa shape index (κ3) is 2.25. The highest BCUT2D eigenvalue weighted by Crippen LogP contribution is 2.47. The van der Waals surface area contributed by atoms with E-state index in [9.17, 15) is 14.3 Å². The van der Waals surface area contributed by atoms with E-state index < -0.39 is 11.5 Å². The third-order valence-corrected chi connectivity index (χ3v) is 4.49. The minimum absolute atomic E-state index is 0.106. The topological polar surface area (TPSA) is 63.3 Å². The standard InChI is InChI=1S/C17H18FNO3/c1-9(20)16-15(11-4-6-12(18)7-5-11)14-10(2)22-19-13(14)8-17(16,3)21/h4-7,15-16,21H,8H2,1-3H3/t15-,16+,17-/m1/s1. The van der Waals surface area contributed by atoms with E-state index in [1.165, 1.54) is 19.1 Å². The summed E-state index contributed by atoms with van der Waals surface area (Å²) in [4.78, 5) is 12.2. The Morgan fingerprint density at radius 2 is 2.05 bits per heavy atom. The van der Waals surface area contributed by atoms with Crippen molar-refractivity contribution in [3.63, 3.8) is 0 Å². The number of fused-ring (bicyclic) bond motifs is 1. The molecule has 0 bridgehead atoms. The number of aliphatic hydroxyl groups is 1. The molecule has 116 valence electrons. The van der Waals surface area contributed by atoms with Gasteiger partial charge in [-0.25, -0.2) is 4.39 Å². The highest BCUT2D eigenvalue weighted by atomic mass is 19.1.